The maximum Gasteiger partial charge on any atom is 0.261 e. The molecule has 0 atom stereocenters. The molecule has 1 fully saturated rings. The summed E-state index contributed by atoms with van der Waals surface area (Å²) in [5.41, 5.74) is 3.51. The molecule has 0 unspecified atom stereocenters. The molecule has 7 nitrogen and oxygen atoms in total. The average molecular weight is 466 g/mol. The van der Waals surface area contributed by atoms with Gasteiger partial charge in [-0.25, -0.2) is 8.42 Å². The third kappa shape index (κ3) is 5.98. The molecule has 0 radical (unpaired) electrons. The van der Waals surface area contributed by atoms with Crippen LogP contribution in [0.1, 0.15) is 21.5 Å². The van der Waals surface area contributed by atoms with Gasteiger partial charge in [0.2, 0.25) is 0 Å². The van der Waals surface area contributed by atoms with Crippen molar-refractivity contribution in [2.45, 2.75) is 18.4 Å². The molecule has 1 heterocycles. The number of carbonyl (C=O) groups is 1. The molecule has 4 rings (SSSR count). The van der Waals surface area contributed by atoms with Crippen molar-refractivity contribution in [2.24, 2.45) is 0 Å². The molecule has 0 saturated carbocycles. The number of hydrogen-bond acceptors (Lipinski definition) is 5. The lowest BCUT2D eigenvalue weighted by Crippen LogP contribution is -2.35. The highest BCUT2D eigenvalue weighted by atomic mass is 32.2. The molecule has 0 aliphatic carbocycles. The lowest BCUT2D eigenvalue weighted by atomic mass is 10.1. The minimum absolute atomic E-state index is 0.122. The smallest absolute Gasteiger partial charge is 0.261 e. The van der Waals surface area contributed by atoms with E-state index in [0.717, 1.165) is 44.0 Å². The molecule has 1 aliphatic heterocycles. The van der Waals surface area contributed by atoms with E-state index in [-0.39, 0.29) is 10.8 Å². The summed E-state index contributed by atoms with van der Waals surface area (Å²) in [4.78, 5) is 15.2. The van der Waals surface area contributed by atoms with Crippen molar-refractivity contribution >= 4 is 27.3 Å². The highest BCUT2D eigenvalue weighted by molar-refractivity contribution is 7.92. The standard InChI is InChI=1S/C25H27N3O4S/c1-19-5-2-3-8-24(19)27-33(30,31)23-11-9-22(10-12-23)26-25(29)21-7-4-6-20(17-21)18-28-13-15-32-16-14-28/h2-12,17,27H,13-16,18H2,1H3,(H,26,29). The zero-order valence-electron chi connectivity index (χ0n) is 18.5. The predicted octanol–water partition coefficient (Wildman–Crippen LogP) is 3.88. The molecule has 33 heavy (non-hydrogen) atoms. The molecule has 0 spiro atoms. The Kier molecular flexibility index (Phi) is 7.08. The molecule has 3 aromatic rings. The fourth-order valence-electron chi connectivity index (χ4n) is 3.64. The van der Waals surface area contributed by atoms with Crippen LogP contribution in [0.3, 0.4) is 0 Å². The van der Waals surface area contributed by atoms with Crippen LogP contribution in [-0.2, 0) is 21.3 Å². The SMILES string of the molecule is Cc1ccccc1NS(=O)(=O)c1ccc(NC(=O)c2cccc(CN3CCOCC3)c2)cc1. The maximum atomic E-state index is 12.7. The van der Waals surface area contributed by atoms with E-state index in [1.165, 1.54) is 12.1 Å². The Morgan fingerprint density at radius 2 is 1.70 bits per heavy atom. The summed E-state index contributed by atoms with van der Waals surface area (Å²) in [6, 6.07) is 20.8. The van der Waals surface area contributed by atoms with Crippen LogP contribution >= 0.6 is 0 Å². The highest BCUT2D eigenvalue weighted by Gasteiger charge is 2.16. The number of anilines is 2. The monoisotopic (exact) mass is 465 g/mol. The Balaban J connectivity index is 1.41. The second kappa shape index (κ2) is 10.2. The molecule has 8 heteroatoms. The zero-order valence-corrected chi connectivity index (χ0v) is 19.3. The Morgan fingerprint density at radius 1 is 0.970 bits per heavy atom. The van der Waals surface area contributed by atoms with Gasteiger partial charge in [-0.05, 0) is 60.5 Å². The Hall–Kier alpha value is -3.20. The third-order valence-electron chi connectivity index (χ3n) is 5.51. The van der Waals surface area contributed by atoms with Crippen molar-refractivity contribution in [2.75, 3.05) is 36.3 Å². The van der Waals surface area contributed by atoms with Crippen LogP contribution in [0.5, 0.6) is 0 Å². The van der Waals surface area contributed by atoms with E-state index < -0.39 is 10.0 Å². The second-order valence-corrected chi connectivity index (χ2v) is 9.67. The van der Waals surface area contributed by atoms with Crippen LogP contribution in [0.4, 0.5) is 11.4 Å². The normalized spacial score (nSPS) is 14.6. The summed E-state index contributed by atoms with van der Waals surface area (Å²) < 4.78 is 33.4. The summed E-state index contributed by atoms with van der Waals surface area (Å²) in [6.45, 7) is 5.82. The number of ether oxygens (including phenoxy) is 1. The first kappa shape index (κ1) is 23.0. The topological polar surface area (TPSA) is 87.7 Å². The number of rotatable bonds is 7. The molecular weight excluding hydrogens is 438 g/mol. The predicted molar refractivity (Wildman–Crippen MR) is 129 cm³/mol. The minimum Gasteiger partial charge on any atom is -0.379 e. The van der Waals surface area contributed by atoms with Crippen LogP contribution in [0, 0.1) is 6.92 Å². The van der Waals surface area contributed by atoms with Crippen molar-refractivity contribution in [3.63, 3.8) is 0 Å². The minimum atomic E-state index is -3.73. The van der Waals surface area contributed by atoms with E-state index in [9.17, 15) is 13.2 Å². The van der Waals surface area contributed by atoms with Crippen LogP contribution in [0.2, 0.25) is 0 Å². The zero-order chi connectivity index (χ0) is 23.3. The Morgan fingerprint density at radius 3 is 2.42 bits per heavy atom. The number of nitrogens with zero attached hydrogens (tertiary/aromatic N) is 1. The van der Waals surface area contributed by atoms with Crippen LogP contribution in [0.15, 0.2) is 77.7 Å². The Bertz CT molecular complexity index is 1220. The highest BCUT2D eigenvalue weighted by Crippen LogP contribution is 2.21. The second-order valence-electron chi connectivity index (χ2n) is 7.99. The van der Waals surface area contributed by atoms with Crippen molar-refractivity contribution in [3.05, 3.63) is 89.5 Å². The van der Waals surface area contributed by atoms with Gasteiger partial charge < -0.3 is 10.1 Å². The van der Waals surface area contributed by atoms with Gasteiger partial charge in [-0.1, -0.05) is 30.3 Å². The first-order chi connectivity index (χ1) is 15.9. The number of aryl methyl sites for hydroxylation is 1. The fourth-order valence-corrected chi connectivity index (χ4v) is 4.77. The molecular formula is C25H27N3O4S. The van der Waals surface area contributed by atoms with Crippen LogP contribution < -0.4 is 10.0 Å². The first-order valence-corrected chi connectivity index (χ1v) is 12.3. The van der Waals surface area contributed by atoms with E-state index in [4.69, 9.17) is 4.74 Å². The average Bonchev–Trinajstić information content (AvgIpc) is 2.82. The van der Waals surface area contributed by atoms with E-state index in [2.05, 4.69) is 14.9 Å². The van der Waals surface area contributed by atoms with Gasteiger partial charge in [0.25, 0.3) is 15.9 Å². The van der Waals surface area contributed by atoms with E-state index in [1.807, 2.05) is 37.3 Å². The summed E-state index contributed by atoms with van der Waals surface area (Å²) in [7, 11) is -3.73. The lowest BCUT2D eigenvalue weighted by molar-refractivity contribution is 0.0342. The number of morpholine rings is 1. The molecule has 172 valence electrons. The van der Waals surface area contributed by atoms with Gasteiger partial charge >= 0.3 is 0 Å². The number of amides is 1. The first-order valence-electron chi connectivity index (χ1n) is 10.8. The van der Waals surface area contributed by atoms with E-state index in [1.54, 1.807) is 30.3 Å². The maximum absolute atomic E-state index is 12.7. The van der Waals surface area contributed by atoms with Gasteiger partial charge in [0.1, 0.15) is 0 Å². The van der Waals surface area contributed by atoms with Crippen LogP contribution in [-0.4, -0.2) is 45.5 Å². The molecule has 3 aromatic carbocycles. The van der Waals surface area contributed by atoms with Gasteiger partial charge in [-0.2, -0.15) is 0 Å². The number of hydrogen-bond donors (Lipinski definition) is 2. The summed E-state index contributed by atoms with van der Waals surface area (Å²) in [5.74, 6) is -0.243. The number of sulfonamides is 1. The molecule has 0 bridgehead atoms. The van der Waals surface area contributed by atoms with Gasteiger partial charge in [-0.15, -0.1) is 0 Å². The molecule has 1 aliphatic rings. The number of nitrogens with one attached hydrogen (secondary N) is 2. The summed E-state index contributed by atoms with van der Waals surface area (Å²) >= 11 is 0. The van der Waals surface area contributed by atoms with Crippen molar-refractivity contribution in [1.82, 2.24) is 4.90 Å². The van der Waals surface area contributed by atoms with Gasteiger partial charge in [0.15, 0.2) is 0 Å². The molecule has 2 N–H and O–H groups in total. The lowest BCUT2D eigenvalue weighted by Gasteiger charge is -2.26. The largest absolute Gasteiger partial charge is 0.379 e. The third-order valence-corrected chi connectivity index (χ3v) is 6.89. The van der Waals surface area contributed by atoms with Gasteiger partial charge in [0, 0.05) is 30.9 Å². The van der Waals surface area contributed by atoms with Gasteiger partial charge in [-0.3, -0.25) is 14.4 Å². The van der Waals surface area contributed by atoms with Crippen molar-refractivity contribution < 1.29 is 17.9 Å². The van der Waals surface area contributed by atoms with Crippen molar-refractivity contribution in [1.29, 1.82) is 0 Å². The summed E-state index contributed by atoms with van der Waals surface area (Å²) in [6.07, 6.45) is 0. The molecule has 1 amide bonds. The van der Waals surface area contributed by atoms with Crippen molar-refractivity contribution in [3.8, 4) is 0 Å². The number of para-hydroxylation sites is 1. The number of carbonyl (C=O) groups excluding carboxylic acids is 1. The van der Waals surface area contributed by atoms with E-state index in [0.29, 0.717) is 16.9 Å². The summed E-state index contributed by atoms with van der Waals surface area (Å²) in [5, 5.41) is 2.84. The fraction of sp³-hybridized carbons (Fsp3) is 0.240. The van der Waals surface area contributed by atoms with Gasteiger partial charge in [0.05, 0.1) is 23.8 Å². The quantitative estimate of drug-likeness (QED) is 0.553. The van der Waals surface area contributed by atoms with E-state index >= 15 is 0 Å². The Labute approximate surface area is 194 Å². The molecule has 1 saturated heterocycles. The number of benzene rings is 3. The van der Waals surface area contributed by atoms with Crippen LogP contribution in [0.25, 0.3) is 0 Å². The molecule has 0 aromatic heterocycles.